The third-order valence-corrected chi connectivity index (χ3v) is 6.56. The van der Waals surface area contributed by atoms with Crippen LogP contribution in [0.15, 0.2) is 59.1 Å². The fourth-order valence-electron chi connectivity index (χ4n) is 3.37. The summed E-state index contributed by atoms with van der Waals surface area (Å²) in [5.74, 6) is 0.0339. The van der Waals surface area contributed by atoms with Gasteiger partial charge in [0, 0.05) is 31.6 Å². The van der Waals surface area contributed by atoms with E-state index in [1.807, 2.05) is 25.2 Å². The average molecular weight is 438 g/mol. The molecule has 2 heterocycles. The van der Waals surface area contributed by atoms with Gasteiger partial charge < -0.3 is 5.73 Å². The van der Waals surface area contributed by atoms with Crippen LogP contribution in [0.4, 0.5) is 5.69 Å². The molecule has 3 rings (SSSR count). The molecule has 9 nitrogen and oxygen atoms in total. The zero-order chi connectivity index (χ0) is 22.6. The Morgan fingerprint density at radius 3 is 2.48 bits per heavy atom. The molecule has 2 N–H and O–H groups in total. The molecular weight excluding hydrogens is 414 g/mol. The van der Waals surface area contributed by atoms with E-state index in [9.17, 15) is 13.7 Å². The molecule has 0 aliphatic carbocycles. The minimum absolute atomic E-state index is 0.0339. The van der Waals surface area contributed by atoms with Crippen molar-refractivity contribution in [2.45, 2.75) is 32.1 Å². The van der Waals surface area contributed by atoms with Crippen LogP contribution in [0, 0.1) is 32.2 Å². The quantitative estimate of drug-likeness (QED) is 0.271. The molecule has 0 amide bonds. The normalized spacial score (nSPS) is 11.9. The predicted octanol–water partition coefficient (Wildman–Crippen LogP) is 2.29. The first kappa shape index (κ1) is 22.0. The lowest BCUT2D eigenvalue weighted by Gasteiger charge is -2.13. The van der Waals surface area contributed by atoms with Crippen LogP contribution in [0.3, 0.4) is 0 Å². The maximum Gasteiger partial charge on any atom is 0.269 e. The Balaban J connectivity index is 1.75. The number of nitrogens with zero attached hydrogens (tertiary/aromatic N) is 6. The third-order valence-electron chi connectivity index (χ3n) is 4.65. The van der Waals surface area contributed by atoms with Gasteiger partial charge in [-0.1, -0.05) is 17.7 Å². The fraction of sp³-hybridized carbons (Fsp3) is 0.238. The fourth-order valence-corrected chi connectivity index (χ4v) is 4.95. The molecule has 0 saturated heterocycles. The molecule has 1 aromatic carbocycles. The molecule has 3 aromatic rings. The van der Waals surface area contributed by atoms with Crippen LogP contribution in [0.2, 0.25) is 0 Å². The van der Waals surface area contributed by atoms with Gasteiger partial charge in [0.05, 0.1) is 16.3 Å². The van der Waals surface area contributed by atoms with E-state index in [0.29, 0.717) is 28.9 Å². The first-order valence-corrected chi connectivity index (χ1v) is 10.9. The molecule has 0 saturated carbocycles. The number of anilines is 1. The van der Waals surface area contributed by atoms with Crippen LogP contribution in [0.1, 0.15) is 22.4 Å². The van der Waals surface area contributed by atoms with Crippen molar-refractivity contribution in [1.82, 2.24) is 13.9 Å². The SMILES string of the molecule is Cc1cc(C)c(S(=O)(=O)n2cnc(CCN=C(N)N(C#N)c3ccncc3)c2)c(C)c1. The Kier molecular flexibility index (Phi) is 6.36. The number of pyridine rings is 1. The highest BCUT2D eigenvalue weighted by molar-refractivity contribution is 7.90. The number of aryl methyl sites for hydroxylation is 3. The zero-order valence-corrected chi connectivity index (χ0v) is 18.3. The molecule has 2 aromatic heterocycles. The molecule has 0 fully saturated rings. The van der Waals surface area contributed by atoms with Gasteiger partial charge in [-0.25, -0.2) is 22.3 Å². The lowest BCUT2D eigenvalue weighted by molar-refractivity contribution is 0.586. The number of aromatic nitrogens is 3. The van der Waals surface area contributed by atoms with Gasteiger partial charge in [0.1, 0.15) is 6.33 Å². The van der Waals surface area contributed by atoms with Gasteiger partial charge in [-0.3, -0.25) is 9.98 Å². The van der Waals surface area contributed by atoms with Crippen molar-refractivity contribution in [3.8, 4) is 6.19 Å². The molecule has 0 aliphatic rings. The minimum atomic E-state index is -3.75. The smallest absolute Gasteiger partial charge is 0.269 e. The molecule has 0 aliphatic heterocycles. The number of aliphatic imine (C=N–C) groups is 1. The van der Waals surface area contributed by atoms with Gasteiger partial charge in [0.15, 0.2) is 6.19 Å². The van der Waals surface area contributed by atoms with Crippen LogP contribution < -0.4 is 10.6 Å². The highest BCUT2D eigenvalue weighted by Gasteiger charge is 2.22. The number of nitrogens with two attached hydrogens (primary N) is 1. The van der Waals surface area contributed by atoms with Crippen molar-refractivity contribution in [2.24, 2.45) is 10.7 Å². The summed E-state index contributed by atoms with van der Waals surface area (Å²) in [4.78, 5) is 13.8. The Morgan fingerprint density at radius 1 is 1.23 bits per heavy atom. The number of benzene rings is 1. The molecule has 0 radical (unpaired) electrons. The predicted molar refractivity (Wildman–Crippen MR) is 118 cm³/mol. The van der Waals surface area contributed by atoms with E-state index in [1.165, 1.54) is 17.4 Å². The first-order valence-electron chi connectivity index (χ1n) is 9.50. The monoisotopic (exact) mass is 437 g/mol. The number of rotatable bonds is 6. The Labute approximate surface area is 181 Å². The van der Waals surface area contributed by atoms with Gasteiger partial charge in [0.25, 0.3) is 10.0 Å². The standard InChI is InChI=1S/C21H23N7O2S/c1-15-10-16(2)20(17(3)11-15)31(29,30)27-12-18(26-14-27)4-9-25-21(23)28(13-22)19-5-7-24-8-6-19/h5-8,10-12,14H,4,9H2,1-3H3,(H2,23,25). The van der Waals surface area contributed by atoms with Crippen LogP contribution in [0.5, 0.6) is 0 Å². The van der Waals surface area contributed by atoms with E-state index in [1.54, 1.807) is 38.4 Å². The topological polar surface area (TPSA) is 130 Å². The number of nitriles is 1. The van der Waals surface area contributed by atoms with Crippen molar-refractivity contribution in [3.63, 3.8) is 0 Å². The van der Waals surface area contributed by atoms with Crippen LogP contribution in [-0.4, -0.2) is 34.9 Å². The maximum atomic E-state index is 13.1. The highest BCUT2D eigenvalue weighted by atomic mass is 32.2. The third kappa shape index (κ3) is 4.73. The molecule has 0 bridgehead atoms. The number of hydrogen-bond acceptors (Lipinski definition) is 6. The molecule has 160 valence electrons. The maximum absolute atomic E-state index is 13.1. The Bertz CT molecular complexity index is 1240. The van der Waals surface area contributed by atoms with Crippen molar-refractivity contribution in [2.75, 3.05) is 11.4 Å². The van der Waals surface area contributed by atoms with Crippen molar-refractivity contribution >= 4 is 21.7 Å². The second-order valence-electron chi connectivity index (χ2n) is 7.06. The van der Waals surface area contributed by atoms with Crippen LogP contribution in [-0.2, 0) is 16.4 Å². The minimum Gasteiger partial charge on any atom is -0.369 e. The largest absolute Gasteiger partial charge is 0.369 e. The van der Waals surface area contributed by atoms with E-state index in [4.69, 9.17) is 5.73 Å². The van der Waals surface area contributed by atoms with Gasteiger partial charge in [0.2, 0.25) is 5.96 Å². The molecule has 0 spiro atoms. The number of hydrogen-bond donors (Lipinski definition) is 1. The van der Waals surface area contributed by atoms with E-state index < -0.39 is 10.0 Å². The summed E-state index contributed by atoms with van der Waals surface area (Å²) in [5.41, 5.74) is 9.43. The number of guanidine groups is 1. The van der Waals surface area contributed by atoms with Crippen molar-refractivity contribution in [1.29, 1.82) is 5.26 Å². The van der Waals surface area contributed by atoms with Crippen LogP contribution >= 0.6 is 0 Å². The molecule has 31 heavy (non-hydrogen) atoms. The van der Waals surface area contributed by atoms with Crippen LogP contribution in [0.25, 0.3) is 0 Å². The lowest BCUT2D eigenvalue weighted by Crippen LogP contribution is -2.33. The molecule has 0 unspecified atom stereocenters. The van der Waals surface area contributed by atoms with Gasteiger partial charge in [-0.2, -0.15) is 5.26 Å². The summed E-state index contributed by atoms with van der Waals surface area (Å²) in [7, 11) is -3.75. The number of imidazole rings is 1. The Hall–Kier alpha value is -3.71. The van der Waals surface area contributed by atoms with Crippen molar-refractivity contribution < 1.29 is 8.42 Å². The van der Waals surface area contributed by atoms with E-state index in [0.717, 1.165) is 9.54 Å². The van der Waals surface area contributed by atoms with E-state index in [2.05, 4.69) is 15.0 Å². The molecular formula is C21H23N7O2S. The van der Waals surface area contributed by atoms with Crippen molar-refractivity contribution in [3.05, 3.63) is 71.6 Å². The summed E-state index contributed by atoms with van der Waals surface area (Å²) in [5, 5.41) is 9.34. The highest BCUT2D eigenvalue weighted by Crippen LogP contribution is 2.24. The summed E-state index contributed by atoms with van der Waals surface area (Å²) in [6, 6.07) is 6.98. The summed E-state index contributed by atoms with van der Waals surface area (Å²) in [6.07, 6.45) is 8.21. The van der Waals surface area contributed by atoms with Gasteiger partial charge >= 0.3 is 0 Å². The molecule has 0 atom stereocenters. The second kappa shape index (κ2) is 8.97. The lowest BCUT2D eigenvalue weighted by atomic mass is 10.1. The summed E-state index contributed by atoms with van der Waals surface area (Å²) >= 11 is 0. The average Bonchev–Trinajstić information content (AvgIpc) is 3.18. The van der Waals surface area contributed by atoms with Gasteiger partial charge in [-0.15, -0.1) is 0 Å². The summed E-state index contributed by atoms with van der Waals surface area (Å²) < 4.78 is 27.3. The van der Waals surface area contributed by atoms with Gasteiger partial charge in [-0.05, 0) is 44.0 Å². The first-order chi connectivity index (χ1) is 14.7. The Morgan fingerprint density at radius 2 is 1.87 bits per heavy atom. The zero-order valence-electron chi connectivity index (χ0n) is 17.5. The molecule has 10 heteroatoms. The van der Waals surface area contributed by atoms with E-state index >= 15 is 0 Å². The summed E-state index contributed by atoms with van der Waals surface area (Å²) in [6.45, 7) is 5.74. The van der Waals surface area contributed by atoms with E-state index in [-0.39, 0.29) is 17.4 Å². The second-order valence-corrected chi connectivity index (χ2v) is 8.84.